The molecule has 1 aliphatic rings. The Morgan fingerprint density at radius 3 is 2.72 bits per heavy atom. The summed E-state index contributed by atoms with van der Waals surface area (Å²) >= 11 is 0. The molecule has 0 bridgehead atoms. The third-order valence-electron chi connectivity index (χ3n) is 4.05. The predicted octanol–water partition coefficient (Wildman–Crippen LogP) is 2.36. The summed E-state index contributed by atoms with van der Waals surface area (Å²) in [6.07, 6.45) is 2.58. The Morgan fingerprint density at radius 1 is 1.44 bits per heavy atom. The van der Waals surface area contributed by atoms with E-state index in [0.29, 0.717) is 5.56 Å². The first-order valence-electron chi connectivity index (χ1n) is 6.58. The maximum Gasteiger partial charge on any atom is 0.251 e. The zero-order valence-corrected chi connectivity index (χ0v) is 11.0. The van der Waals surface area contributed by atoms with Gasteiger partial charge in [-0.3, -0.25) is 4.79 Å². The monoisotopic (exact) mass is 247 g/mol. The topological polar surface area (TPSA) is 49.3 Å². The van der Waals surface area contributed by atoms with Gasteiger partial charge >= 0.3 is 0 Å². The fraction of sp³-hybridized carbons (Fsp3) is 0.533. The molecule has 0 aromatic heterocycles. The molecule has 18 heavy (non-hydrogen) atoms. The number of rotatable bonds is 3. The van der Waals surface area contributed by atoms with Crippen molar-refractivity contribution in [3.05, 3.63) is 35.9 Å². The van der Waals surface area contributed by atoms with Crippen molar-refractivity contribution in [3.63, 3.8) is 0 Å². The molecule has 2 rings (SSSR count). The van der Waals surface area contributed by atoms with Crippen LogP contribution in [-0.4, -0.2) is 22.7 Å². The van der Waals surface area contributed by atoms with Gasteiger partial charge in [0.05, 0.1) is 6.10 Å². The summed E-state index contributed by atoms with van der Waals surface area (Å²) in [7, 11) is 0. The summed E-state index contributed by atoms with van der Waals surface area (Å²) in [5, 5.41) is 12.9. The standard InChI is InChI=1S/C15H21NO2/c1-11(17)13-9-6-10-15(13,2)16-14(18)12-7-4-3-5-8-12/h3-5,7-8,11,13,17H,6,9-10H2,1-2H3,(H,16,18)/t11-,13+,15-/m0/s1. The first-order chi connectivity index (χ1) is 8.53. The van der Waals surface area contributed by atoms with Crippen LogP contribution in [0.2, 0.25) is 0 Å². The highest BCUT2D eigenvalue weighted by Gasteiger charge is 2.42. The molecule has 3 nitrogen and oxygen atoms in total. The predicted molar refractivity (Wildman–Crippen MR) is 71.3 cm³/mol. The Morgan fingerprint density at radius 2 is 2.11 bits per heavy atom. The van der Waals surface area contributed by atoms with E-state index < -0.39 is 0 Å². The lowest BCUT2D eigenvalue weighted by molar-refractivity contribution is 0.0672. The molecular weight excluding hydrogens is 226 g/mol. The molecule has 0 saturated heterocycles. The van der Waals surface area contributed by atoms with Gasteiger partial charge in [-0.05, 0) is 38.8 Å². The van der Waals surface area contributed by atoms with Gasteiger partial charge in [-0.1, -0.05) is 24.6 Å². The number of benzene rings is 1. The molecule has 0 heterocycles. The van der Waals surface area contributed by atoms with Crippen LogP contribution in [0, 0.1) is 5.92 Å². The molecule has 3 heteroatoms. The first kappa shape index (κ1) is 13.1. The Labute approximate surface area is 108 Å². The second-order valence-electron chi connectivity index (χ2n) is 5.48. The number of nitrogens with one attached hydrogen (secondary N) is 1. The number of hydrogen-bond donors (Lipinski definition) is 2. The smallest absolute Gasteiger partial charge is 0.251 e. The van der Waals surface area contributed by atoms with E-state index >= 15 is 0 Å². The lowest BCUT2D eigenvalue weighted by atomic mass is 9.85. The maximum absolute atomic E-state index is 12.2. The van der Waals surface area contributed by atoms with Crippen LogP contribution in [0.1, 0.15) is 43.5 Å². The summed E-state index contributed by atoms with van der Waals surface area (Å²) in [5.41, 5.74) is 0.385. The molecule has 1 amide bonds. The van der Waals surface area contributed by atoms with E-state index in [1.165, 1.54) is 0 Å². The molecule has 2 N–H and O–H groups in total. The van der Waals surface area contributed by atoms with Gasteiger partial charge in [0, 0.05) is 17.0 Å². The molecule has 3 atom stereocenters. The van der Waals surface area contributed by atoms with Gasteiger partial charge in [0.15, 0.2) is 0 Å². The first-order valence-corrected chi connectivity index (χ1v) is 6.58. The highest BCUT2D eigenvalue weighted by molar-refractivity contribution is 5.94. The molecule has 1 fully saturated rings. The average Bonchev–Trinajstić information content (AvgIpc) is 2.72. The summed E-state index contributed by atoms with van der Waals surface area (Å²) in [5.74, 6) is 0.0933. The number of aliphatic hydroxyl groups is 1. The Hall–Kier alpha value is -1.35. The second-order valence-corrected chi connectivity index (χ2v) is 5.48. The highest BCUT2D eigenvalue weighted by atomic mass is 16.3. The largest absolute Gasteiger partial charge is 0.393 e. The Bertz CT molecular complexity index is 416. The zero-order chi connectivity index (χ0) is 13.2. The van der Waals surface area contributed by atoms with Crippen molar-refractivity contribution in [1.82, 2.24) is 5.32 Å². The van der Waals surface area contributed by atoms with Crippen molar-refractivity contribution >= 4 is 5.91 Å². The van der Waals surface area contributed by atoms with Gasteiger partial charge < -0.3 is 10.4 Å². The molecular formula is C15H21NO2. The molecule has 1 saturated carbocycles. The number of aliphatic hydroxyl groups excluding tert-OH is 1. The third kappa shape index (κ3) is 2.56. The Kier molecular flexibility index (Phi) is 3.71. The molecule has 0 aliphatic heterocycles. The molecule has 1 aromatic rings. The van der Waals surface area contributed by atoms with Crippen molar-refractivity contribution in [2.24, 2.45) is 5.92 Å². The number of carbonyl (C=O) groups excluding carboxylic acids is 1. The lowest BCUT2D eigenvalue weighted by Gasteiger charge is -2.34. The number of amides is 1. The van der Waals surface area contributed by atoms with Crippen LogP contribution in [-0.2, 0) is 0 Å². The van der Waals surface area contributed by atoms with Crippen LogP contribution in [0.25, 0.3) is 0 Å². The van der Waals surface area contributed by atoms with Crippen molar-refractivity contribution < 1.29 is 9.90 Å². The van der Waals surface area contributed by atoms with Gasteiger partial charge in [0.2, 0.25) is 0 Å². The molecule has 1 aromatic carbocycles. The van der Waals surface area contributed by atoms with Gasteiger partial charge in [-0.15, -0.1) is 0 Å². The summed E-state index contributed by atoms with van der Waals surface area (Å²) in [4.78, 5) is 12.2. The quantitative estimate of drug-likeness (QED) is 0.861. The average molecular weight is 247 g/mol. The van der Waals surface area contributed by atoms with E-state index in [-0.39, 0.29) is 23.5 Å². The molecule has 0 unspecified atom stereocenters. The van der Waals surface area contributed by atoms with Crippen LogP contribution in [0.5, 0.6) is 0 Å². The SMILES string of the molecule is C[C@H](O)[C@H]1CCC[C@]1(C)NC(=O)c1ccccc1. The zero-order valence-electron chi connectivity index (χ0n) is 11.0. The van der Waals surface area contributed by atoms with Gasteiger partial charge in [-0.2, -0.15) is 0 Å². The van der Waals surface area contributed by atoms with E-state index in [1.807, 2.05) is 44.2 Å². The molecule has 1 aliphatic carbocycles. The third-order valence-corrected chi connectivity index (χ3v) is 4.05. The van der Waals surface area contributed by atoms with Crippen LogP contribution >= 0.6 is 0 Å². The minimum Gasteiger partial charge on any atom is -0.393 e. The minimum atomic E-state index is -0.381. The van der Waals surface area contributed by atoms with Crippen LogP contribution in [0.3, 0.4) is 0 Å². The van der Waals surface area contributed by atoms with E-state index in [1.54, 1.807) is 0 Å². The fourth-order valence-corrected chi connectivity index (χ4v) is 3.04. The van der Waals surface area contributed by atoms with Crippen molar-refractivity contribution in [1.29, 1.82) is 0 Å². The van der Waals surface area contributed by atoms with E-state index in [9.17, 15) is 9.90 Å². The van der Waals surface area contributed by atoms with E-state index in [2.05, 4.69) is 5.32 Å². The van der Waals surface area contributed by atoms with Crippen LogP contribution in [0.4, 0.5) is 0 Å². The highest BCUT2D eigenvalue weighted by Crippen LogP contribution is 2.37. The summed E-state index contributed by atoms with van der Waals surface area (Å²) in [6.45, 7) is 3.85. The van der Waals surface area contributed by atoms with Crippen molar-refractivity contribution in [2.45, 2.75) is 44.8 Å². The molecule has 0 radical (unpaired) electrons. The summed E-state index contributed by atoms with van der Waals surface area (Å²) in [6, 6.07) is 9.23. The van der Waals surface area contributed by atoms with E-state index in [4.69, 9.17) is 0 Å². The van der Waals surface area contributed by atoms with Crippen molar-refractivity contribution in [2.75, 3.05) is 0 Å². The van der Waals surface area contributed by atoms with E-state index in [0.717, 1.165) is 19.3 Å². The van der Waals surface area contributed by atoms with Gasteiger partial charge in [0.25, 0.3) is 5.91 Å². The number of hydrogen-bond acceptors (Lipinski definition) is 2. The van der Waals surface area contributed by atoms with Crippen LogP contribution < -0.4 is 5.32 Å². The summed E-state index contributed by atoms with van der Waals surface area (Å²) < 4.78 is 0. The normalized spacial score (nSPS) is 28.9. The maximum atomic E-state index is 12.2. The molecule has 98 valence electrons. The second kappa shape index (κ2) is 5.11. The van der Waals surface area contributed by atoms with Gasteiger partial charge in [0.1, 0.15) is 0 Å². The van der Waals surface area contributed by atoms with Crippen molar-refractivity contribution in [3.8, 4) is 0 Å². The lowest BCUT2D eigenvalue weighted by Crippen LogP contribution is -2.51. The van der Waals surface area contributed by atoms with Crippen LogP contribution in [0.15, 0.2) is 30.3 Å². The Balaban J connectivity index is 2.11. The minimum absolute atomic E-state index is 0.0503. The number of carbonyl (C=O) groups is 1. The fourth-order valence-electron chi connectivity index (χ4n) is 3.04. The van der Waals surface area contributed by atoms with Gasteiger partial charge in [-0.25, -0.2) is 0 Å². The molecule has 0 spiro atoms.